The number of benzene rings is 1. The molecule has 0 saturated heterocycles. The first kappa shape index (κ1) is 15.9. The van der Waals surface area contributed by atoms with E-state index in [4.69, 9.17) is 5.73 Å². The van der Waals surface area contributed by atoms with Gasteiger partial charge in [-0.3, -0.25) is 0 Å². The van der Waals surface area contributed by atoms with Crippen LogP contribution in [0.3, 0.4) is 0 Å². The molecule has 0 fully saturated rings. The standard InChI is InChI=1S/C14H22N2O2S/c1-12(2)10-14(15)11-16-19(17,18)9-8-13-6-4-3-5-7-13/h3-9,12,14,16H,10-11,15H2,1-2H3/b9-8+. The second-order valence-electron chi connectivity index (χ2n) is 5.00. The molecular formula is C14H22N2O2S. The molecule has 0 saturated carbocycles. The van der Waals surface area contributed by atoms with E-state index < -0.39 is 10.0 Å². The Labute approximate surface area is 115 Å². The Morgan fingerprint density at radius 3 is 2.47 bits per heavy atom. The first-order valence-corrected chi connectivity index (χ1v) is 7.92. The summed E-state index contributed by atoms with van der Waals surface area (Å²) < 4.78 is 26.0. The first-order chi connectivity index (χ1) is 8.89. The molecule has 1 atom stereocenters. The van der Waals surface area contributed by atoms with Crippen LogP contribution >= 0.6 is 0 Å². The van der Waals surface area contributed by atoms with Crippen molar-refractivity contribution in [3.05, 3.63) is 41.3 Å². The molecule has 3 N–H and O–H groups in total. The molecule has 1 rings (SSSR count). The molecule has 0 aromatic heterocycles. The smallest absolute Gasteiger partial charge is 0.233 e. The summed E-state index contributed by atoms with van der Waals surface area (Å²) in [5.74, 6) is 0.458. The third kappa shape index (κ3) is 7.10. The quantitative estimate of drug-likeness (QED) is 0.803. The van der Waals surface area contributed by atoms with E-state index in [1.165, 1.54) is 5.41 Å². The minimum atomic E-state index is -3.42. The predicted molar refractivity (Wildman–Crippen MR) is 79.8 cm³/mol. The third-order valence-electron chi connectivity index (χ3n) is 2.56. The molecule has 5 heteroatoms. The molecule has 1 aromatic carbocycles. The molecule has 19 heavy (non-hydrogen) atoms. The van der Waals surface area contributed by atoms with Gasteiger partial charge in [-0.05, 0) is 24.0 Å². The van der Waals surface area contributed by atoms with E-state index in [0.717, 1.165) is 12.0 Å². The molecule has 0 spiro atoms. The largest absolute Gasteiger partial charge is 0.327 e. The highest BCUT2D eigenvalue weighted by atomic mass is 32.2. The minimum Gasteiger partial charge on any atom is -0.327 e. The van der Waals surface area contributed by atoms with Crippen LogP contribution in [0.2, 0.25) is 0 Å². The summed E-state index contributed by atoms with van der Waals surface area (Å²) >= 11 is 0. The molecule has 0 aliphatic carbocycles. The molecule has 106 valence electrons. The van der Waals surface area contributed by atoms with E-state index in [1.807, 2.05) is 30.3 Å². The van der Waals surface area contributed by atoms with Crippen molar-refractivity contribution in [1.82, 2.24) is 4.72 Å². The fourth-order valence-corrected chi connectivity index (χ4v) is 2.57. The highest BCUT2D eigenvalue weighted by Gasteiger charge is 2.10. The third-order valence-corrected chi connectivity index (χ3v) is 3.62. The fraction of sp³-hybridized carbons (Fsp3) is 0.429. The van der Waals surface area contributed by atoms with Crippen LogP contribution < -0.4 is 10.5 Å². The number of nitrogens with one attached hydrogen (secondary N) is 1. The predicted octanol–water partition coefficient (Wildman–Crippen LogP) is 1.95. The maximum Gasteiger partial charge on any atom is 0.233 e. The van der Waals surface area contributed by atoms with E-state index >= 15 is 0 Å². The molecule has 0 aliphatic rings. The summed E-state index contributed by atoms with van der Waals surface area (Å²) in [6.45, 7) is 4.38. The lowest BCUT2D eigenvalue weighted by molar-refractivity contribution is 0.487. The Morgan fingerprint density at radius 2 is 1.89 bits per heavy atom. The van der Waals surface area contributed by atoms with E-state index in [2.05, 4.69) is 18.6 Å². The number of sulfonamides is 1. The van der Waals surface area contributed by atoms with Gasteiger partial charge in [0.05, 0.1) is 0 Å². The molecule has 0 radical (unpaired) electrons. The second-order valence-corrected chi connectivity index (χ2v) is 6.65. The van der Waals surface area contributed by atoms with E-state index in [-0.39, 0.29) is 12.6 Å². The zero-order chi connectivity index (χ0) is 14.3. The van der Waals surface area contributed by atoms with Crippen LogP contribution in [0.25, 0.3) is 6.08 Å². The maximum atomic E-state index is 11.7. The molecular weight excluding hydrogens is 260 g/mol. The lowest BCUT2D eigenvalue weighted by Crippen LogP contribution is -2.37. The van der Waals surface area contributed by atoms with Crippen LogP contribution in [0.4, 0.5) is 0 Å². The van der Waals surface area contributed by atoms with Gasteiger partial charge < -0.3 is 5.73 Å². The van der Waals surface area contributed by atoms with E-state index in [0.29, 0.717) is 5.92 Å². The summed E-state index contributed by atoms with van der Waals surface area (Å²) in [6.07, 6.45) is 2.36. The molecule has 0 heterocycles. The van der Waals surface area contributed by atoms with Crippen LogP contribution in [-0.2, 0) is 10.0 Å². The van der Waals surface area contributed by atoms with Gasteiger partial charge in [0, 0.05) is 18.0 Å². The van der Waals surface area contributed by atoms with Crippen molar-refractivity contribution in [1.29, 1.82) is 0 Å². The highest BCUT2D eigenvalue weighted by molar-refractivity contribution is 7.92. The fourth-order valence-electron chi connectivity index (χ4n) is 1.69. The van der Waals surface area contributed by atoms with Gasteiger partial charge in [0.25, 0.3) is 0 Å². The van der Waals surface area contributed by atoms with Gasteiger partial charge in [-0.15, -0.1) is 0 Å². The zero-order valence-electron chi connectivity index (χ0n) is 11.4. The number of hydrogen-bond acceptors (Lipinski definition) is 3. The molecule has 4 nitrogen and oxygen atoms in total. The van der Waals surface area contributed by atoms with Gasteiger partial charge in [0.2, 0.25) is 10.0 Å². The van der Waals surface area contributed by atoms with E-state index in [9.17, 15) is 8.42 Å². The second kappa shape index (κ2) is 7.43. The number of rotatable bonds is 7. The van der Waals surface area contributed by atoms with Crippen LogP contribution in [0, 0.1) is 5.92 Å². The van der Waals surface area contributed by atoms with Gasteiger partial charge in [0.1, 0.15) is 0 Å². The first-order valence-electron chi connectivity index (χ1n) is 6.37. The van der Waals surface area contributed by atoms with Gasteiger partial charge in [0.15, 0.2) is 0 Å². The lowest BCUT2D eigenvalue weighted by Gasteiger charge is -2.13. The van der Waals surface area contributed by atoms with Gasteiger partial charge in [-0.2, -0.15) is 0 Å². The van der Waals surface area contributed by atoms with Crippen molar-refractivity contribution in [3.8, 4) is 0 Å². The van der Waals surface area contributed by atoms with Crippen molar-refractivity contribution in [2.75, 3.05) is 6.54 Å². The normalized spacial score (nSPS) is 14.1. The van der Waals surface area contributed by atoms with Crippen molar-refractivity contribution in [2.24, 2.45) is 11.7 Å². The van der Waals surface area contributed by atoms with Crippen molar-refractivity contribution in [2.45, 2.75) is 26.3 Å². The Morgan fingerprint density at radius 1 is 1.26 bits per heavy atom. The Bertz CT molecular complexity index is 495. The summed E-state index contributed by atoms with van der Waals surface area (Å²) in [5.41, 5.74) is 6.68. The Hall–Kier alpha value is -1.17. The topological polar surface area (TPSA) is 72.2 Å². The minimum absolute atomic E-state index is 0.153. The van der Waals surface area contributed by atoms with Gasteiger partial charge in [-0.25, -0.2) is 13.1 Å². The number of hydrogen-bond donors (Lipinski definition) is 2. The lowest BCUT2D eigenvalue weighted by atomic mass is 10.1. The SMILES string of the molecule is CC(C)CC(N)CNS(=O)(=O)/C=C/c1ccccc1. The number of nitrogens with two attached hydrogens (primary N) is 1. The average molecular weight is 282 g/mol. The van der Waals surface area contributed by atoms with Crippen LogP contribution in [0.1, 0.15) is 25.8 Å². The van der Waals surface area contributed by atoms with Gasteiger partial charge in [-0.1, -0.05) is 44.2 Å². The zero-order valence-corrected chi connectivity index (χ0v) is 12.2. The molecule has 0 aliphatic heterocycles. The molecule has 1 unspecified atom stereocenters. The molecule has 0 bridgehead atoms. The summed E-state index contributed by atoms with van der Waals surface area (Å²) in [6, 6.07) is 9.14. The van der Waals surface area contributed by atoms with Gasteiger partial charge >= 0.3 is 0 Å². The Kier molecular flexibility index (Phi) is 6.21. The average Bonchev–Trinajstić information content (AvgIpc) is 2.35. The maximum absolute atomic E-state index is 11.7. The molecule has 1 aromatic rings. The highest BCUT2D eigenvalue weighted by Crippen LogP contribution is 2.04. The summed E-state index contributed by atoms with van der Waals surface area (Å²) in [5, 5.41) is 1.17. The monoisotopic (exact) mass is 282 g/mol. The van der Waals surface area contributed by atoms with Crippen molar-refractivity contribution < 1.29 is 8.42 Å². The summed E-state index contributed by atoms with van der Waals surface area (Å²) in [4.78, 5) is 0. The van der Waals surface area contributed by atoms with Crippen LogP contribution in [0.15, 0.2) is 35.7 Å². The van der Waals surface area contributed by atoms with Crippen LogP contribution in [-0.4, -0.2) is 21.0 Å². The van der Waals surface area contributed by atoms with Crippen molar-refractivity contribution >= 4 is 16.1 Å². The van der Waals surface area contributed by atoms with Crippen LogP contribution in [0.5, 0.6) is 0 Å². The van der Waals surface area contributed by atoms with Crippen molar-refractivity contribution in [3.63, 3.8) is 0 Å². The Balaban J connectivity index is 2.51. The van der Waals surface area contributed by atoms with E-state index in [1.54, 1.807) is 6.08 Å². The molecule has 0 amide bonds. The summed E-state index contributed by atoms with van der Waals surface area (Å²) in [7, 11) is -3.42.